The molecule has 1 amide bonds. The first kappa shape index (κ1) is 21.1. The normalized spacial score (nSPS) is 15.0. The number of phenols is 1. The van der Waals surface area contributed by atoms with Crippen LogP contribution in [0.5, 0.6) is 5.75 Å². The van der Waals surface area contributed by atoms with Gasteiger partial charge in [-0.3, -0.25) is 4.79 Å². The molecule has 1 aliphatic heterocycles. The predicted octanol–water partition coefficient (Wildman–Crippen LogP) is 2.39. The average Bonchev–Trinajstić information content (AvgIpc) is 2.74. The van der Waals surface area contributed by atoms with Crippen molar-refractivity contribution in [3.05, 3.63) is 54.1 Å². The second kappa shape index (κ2) is 8.84. The Hall–Kier alpha value is -2.58. The Bertz CT molecular complexity index is 948. The summed E-state index contributed by atoms with van der Waals surface area (Å²) in [5.41, 5.74) is 1.24. The zero-order valence-corrected chi connectivity index (χ0v) is 17.6. The van der Waals surface area contributed by atoms with Crippen molar-refractivity contribution in [2.24, 2.45) is 0 Å². The van der Waals surface area contributed by atoms with Gasteiger partial charge >= 0.3 is 0 Å². The van der Waals surface area contributed by atoms with Gasteiger partial charge in [0.15, 0.2) is 0 Å². The second-order valence-electron chi connectivity index (χ2n) is 6.88. The van der Waals surface area contributed by atoms with Gasteiger partial charge in [0.2, 0.25) is 10.0 Å². The summed E-state index contributed by atoms with van der Waals surface area (Å²) in [4.78, 5) is 16.8. The fraction of sp³-hybridized carbons (Fsp3) is 0.381. The van der Waals surface area contributed by atoms with Crippen molar-refractivity contribution in [3.63, 3.8) is 0 Å². The minimum Gasteiger partial charge on any atom is -0.506 e. The zero-order valence-electron chi connectivity index (χ0n) is 16.8. The lowest BCUT2D eigenvalue weighted by molar-refractivity contribution is 0.0746. The summed E-state index contributed by atoms with van der Waals surface area (Å²) in [6.45, 7) is 6.72. The number of piperazine rings is 1. The van der Waals surface area contributed by atoms with E-state index in [2.05, 4.69) is 4.90 Å². The third kappa shape index (κ3) is 4.38. The lowest BCUT2D eigenvalue weighted by Gasteiger charge is -2.36. The largest absolute Gasteiger partial charge is 0.506 e. The van der Waals surface area contributed by atoms with Crippen molar-refractivity contribution >= 4 is 21.6 Å². The number of nitrogens with zero attached hydrogens (tertiary/aromatic N) is 3. The van der Waals surface area contributed by atoms with Gasteiger partial charge < -0.3 is 14.9 Å². The van der Waals surface area contributed by atoms with Crippen LogP contribution in [0.2, 0.25) is 0 Å². The van der Waals surface area contributed by atoms with Crippen molar-refractivity contribution in [2.75, 3.05) is 44.2 Å². The molecule has 0 unspecified atom stereocenters. The number of hydrogen-bond acceptors (Lipinski definition) is 5. The highest BCUT2D eigenvalue weighted by Crippen LogP contribution is 2.27. The number of para-hydroxylation sites is 2. The highest BCUT2D eigenvalue weighted by molar-refractivity contribution is 7.89. The highest BCUT2D eigenvalue weighted by atomic mass is 32.2. The summed E-state index contributed by atoms with van der Waals surface area (Å²) < 4.78 is 26.6. The van der Waals surface area contributed by atoms with Crippen molar-refractivity contribution in [1.29, 1.82) is 0 Å². The first-order valence-electron chi connectivity index (χ1n) is 9.81. The maximum absolute atomic E-state index is 12.8. The topological polar surface area (TPSA) is 81.2 Å². The molecule has 2 aromatic carbocycles. The molecule has 1 aliphatic rings. The number of rotatable bonds is 6. The Balaban J connectivity index is 1.67. The molecule has 1 saturated heterocycles. The molecule has 0 spiro atoms. The van der Waals surface area contributed by atoms with Gasteiger partial charge in [-0.15, -0.1) is 0 Å². The Labute approximate surface area is 172 Å². The molecule has 0 radical (unpaired) electrons. The van der Waals surface area contributed by atoms with E-state index in [0.29, 0.717) is 44.8 Å². The maximum Gasteiger partial charge on any atom is 0.253 e. The monoisotopic (exact) mass is 417 g/mol. The Morgan fingerprint density at radius 1 is 0.966 bits per heavy atom. The molecule has 29 heavy (non-hydrogen) atoms. The number of sulfonamides is 1. The van der Waals surface area contributed by atoms with Gasteiger partial charge in [-0.05, 0) is 36.4 Å². The quantitative estimate of drug-likeness (QED) is 0.781. The molecular formula is C21H27N3O4S. The fourth-order valence-corrected chi connectivity index (χ4v) is 5.00. The molecule has 1 N–H and O–H groups in total. The summed E-state index contributed by atoms with van der Waals surface area (Å²) in [5.74, 6) is 0.117. The van der Waals surface area contributed by atoms with Crippen LogP contribution in [0.3, 0.4) is 0 Å². The van der Waals surface area contributed by atoms with Gasteiger partial charge in [0.05, 0.1) is 10.6 Å². The Morgan fingerprint density at radius 3 is 2.10 bits per heavy atom. The first-order valence-corrected chi connectivity index (χ1v) is 11.2. The van der Waals surface area contributed by atoms with Gasteiger partial charge in [0.1, 0.15) is 5.75 Å². The van der Waals surface area contributed by atoms with E-state index in [1.807, 2.05) is 12.1 Å². The fourth-order valence-electron chi connectivity index (χ4n) is 3.55. The lowest BCUT2D eigenvalue weighted by atomic mass is 10.1. The summed E-state index contributed by atoms with van der Waals surface area (Å²) in [6.07, 6.45) is 0. The third-order valence-electron chi connectivity index (χ3n) is 5.23. The van der Waals surface area contributed by atoms with E-state index < -0.39 is 10.0 Å². The van der Waals surface area contributed by atoms with Crippen LogP contribution in [-0.4, -0.2) is 67.9 Å². The molecule has 0 aromatic heterocycles. The van der Waals surface area contributed by atoms with Crippen LogP contribution in [-0.2, 0) is 10.0 Å². The number of carbonyl (C=O) groups excluding carboxylic acids is 1. The predicted molar refractivity (Wildman–Crippen MR) is 113 cm³/mol. The number of phenolic OH excluding ortho intramolecular Hbond substituents is 1. The van der Waals surface area contributed by atoms with Crippen LogP contribution in [0.1, 0.15) is 24.2 Å². The van der Waals surface area contributed by atoms with Crippen LogP contribution in [0, 0.1) is 0 Å². The highest BCUT2D eigenvalue weighted by Gasteiger charge is 2.25. The number of aromatic hydroxyl groups is 1. The lowest BCUT2D eigenvalue weighted by Crippen LogP contribution is -2.48. The van der Waals surface area contributed by atoms with Crippen molar-refractivity contribution in [2.45, 2.75) is 18.7 Å². The number of benzene rings is 2. The Morgan fingerprint density at radius 2 is 1.55 bits per heavy atom. The maximum atomic E-state index is 12.8. The molecule has 0 bridgehead atoms. The summed E-state index contributed by atoms with van der Waals surface area (Å²) >= 11 is 0. The standard InChI is InChI=1S/C21H27N3O4S/c1-3-24(4-2)29(27,28)18-11-9-17(10-12-18)21(26)23-15-13-22(14-16-23)19-7-5-6-8-20(19)25/h5-12,25H,3-4,13-16H2,1-2H3. The third-order valence-corrected chi connectivity index (χ3v) is 7.30. The van der Waals surface area contributed by atoms with Crippen LogP contribution >= 0.6 is 0 Å². The molecule has 2 aromatic rings. The SMILES string of the molecule is CCN(CC)S(=O)(=O)c1ccc(C(=O)N2CCN(c3ccccc3O)CC2)cc1. The molecular weight excluding hydrogens is 390 g/mol. The molecule has 1 heterocycles. The molecule has 0 atom stereocenters. The number of amides is 1. The minimum absolute atomic E-state index is 0.117. The smallest absolute Gasteiger partial charge is 0.253 e. The van der Waals surface area contributed by atoms with Crippen LogP contribution in [0.15, 0.2) is 53.4 Å². The number of carbonyl (C=O) groups is 1. The van der Waals surface area contributed by atoms with E-state index in [9.17, 15) is 18.3 Å². The van der Waals surface area contributed by atoms with E-state index in [0.717, 1.165) is 5.69 Å². The average molecular weight is 418 g/mol. The minimum atomic E-state index is -3.53. The molecule has 0 saturated carbocycles. The summed E-state index contributed by atoms with van der Waals surface area (Å²) in [7, 11) is -3.53. The van der Waals surface area contributed by atoms with Crippen LogP contribution in [0.25, 0.3) is 0 Å². The molecule has 156 valence electrons. The van der Waals surface area contributed by atoms with E-state index in [-0.39, 0.29) is 16.6 Å². The van der Waals surface area contributed by atoms with Gasteiger partial charge in [0.25, 0.3) is 5.91 Å². The summed E-state index contributed by atoms with van der Waals surface area (Å²) in [6, 6.07) is 13.3. The molecule has 0 aliphatic carbocycles. The number of hydrogen-bond donors (Lipinski definition) is 1. The number of anilines is 1. The molecule has 8 heteroatoms. The summed E-state index contributed by atoms with van der Waals surface area (Å²) in [5, 5.41) is 10.0. The van der Waals surface area contributed by atoms with Crippen molar-refractivity contribution in [1.82, 2.24) is 9.21 Å². The molecule has 1 fully saturated rings. The van der Waals surface area contributed by atoms with Crippen LogP contribution in [0.4, 0.5) is 5.69 Å². The molecule has 3 rings (SSSR count). The second-order valence-corrected chi connectivity index (χ2v) is 8.82. The van der Waals surface area contributed by atoms with E-state index in [4.69, 9.17) is 0 Å². The van der Waals surface area contributed by atoms with Gasteiger partial charge in [-0.25, -0.2) is 8.42 Å². The van der Waals surface area contributed by atoms with E-state index in [1.165, 1.54) is 16.4 Å². The zero-order chi connectivity index (χ0) is 21.0. The van der Waals surface area contributed by atoms with Gasteiger partial charge in [0, 0.05) is 44.8 Å². The van der Waals surface area contributed by atoms with Gasteiger partial charge in [-0.1, -0.05) is 26.0 Å². The Kier molecular flexibility index (Phi) is 6.44. The first-order chi connectivity index (χ1) is 13.9. The van der Waals surface area contributed by atoms with Gasteiger partial charge in [-0.2, -0.15) is 4.31 Å². The van der Waals surface area contributed by atoms with E-state index >= 15 is 0 Å². The van der Waals surface area contributed by atoms with Crippen molar-refractivity contribution < 1.29 is 18.3 Å². The molecule has 7 nitrogen and oxygen atoms in total. The van der Waals surface area contributed by atoms with E-state index in [1.54, 1.807) is 43.0 Å². The van der Waals surface area contributed by atoms with Crippen LogP contribution < -0.4 is 4.90 Å². The van der Waals surface area contributed by atoms with Crippen molar-refractivity contribution in [3.8, 4) is 5.75 Å².